The molecule has 0 spiro atoms. The maximum atomic E-state index is 10.4. The van der Waals surface area contributed by atoms with Crippen LogP contribution in [-0.4, -0.2) is 30.8 Å². The van der Waals surface area contributed by atoms with Gasteiger partial charge in [0, 0.05) is 6.61 Å². The van der Waals surface area contributed by atoms with Crippen LogP contribution >= 0.6 is 0 Å². The number of hydrogen-bond donors (Lipinski definition) is 2. The highest BCUT2D eigenvalue weighted by atomic mass is 16.5. The first-order valence-electron chi connectivity index (χ1n) is 3.27. The quantitative estimate of drug-likeness (QED) is 0.397. The summed E-state index contributed by atoms with van der Waals surface area (Å²) in [7, 11) is 0. The number of rotatable bonds is 5. The van der Waals surface area contributed by atoms with Crippen LogP contribution in [-0.2, 0) is 9.53 Å². The molecule has 0 radical (unpaired) electrons. The van der Waals surface area contributed by atoms with Gasteiger partial charge in [0.05, 0.1) is 13.2 Å². The first-order valence-corrected chi connectivity index (χ1v) is 3.27. The molecule has 0 aromatic heterocycles. The number of ether oxygens (including phenoxy) is 1. The molecule has 0 aliphatic carbocycles. The number of aliphatic hydroxyl groups excluding tert-OH is 1. The average molecular weight is 147 g/mol. The number of carbonyl (C=O) groups excluding carboxylic acids is 1. The van der Waals surface area contributed by atoms with E-state index in [9.17, 15) is 4.79 Å². The molecule has 4 nitrogen and oxygen atoms in total. The monoisotopic (exact) mass is 147 g/mol. The summed E-state index contributed by atoms with van der Waals surface area (Å²) in [6.45, 7) is 0.426. The van der Waals surface area contributed by atoms with Gasteiger partial charge in [0.25, 0.3) is 0 Å². The minimum atomic E-state index is -0.391. The van der Waals surface area contributed by atoms with Gasteiger partial charge in [0.15, 0.2) is 0 Å². The molecule has 60 valence electrons. The van der Waals surface area contributed by atoms with Crippen molar-refractivity contribution in [2.75, 3.05) is 19.8 Å². The average Bonchev–Trinajstić information content (AvgIpc) is 1.98. The van der Waals surface area contributed by atoms with E-state index in [0.29, 0.717) is 19.4 Å². The standard InChI is InChI=1S/C6H13NO3/c7-5-6(9)10-4-2-1-3-8/h8H,1-5,7H2. The third-order valence-electron chi connectivity index (χ3n) is 0.982. The molecule has 0 amide bonds. The molecule has 0 aromatic carbocycles. The van der Waals surface area contributed by atoms with Crippen molar-refractivity contribution in [1.82, 2.24) is 0 Å². The van der Waals surface area contributed by atoms with Crippen molar-refractivity contribution in [2.45, 2.75) is 12.8 Å². The Morgan fingerprint density at radius 2 is 2.20 bits per heavy atom. The molecule has 3 N–H and O–H groups in total. The minimum Gasteiger partial charge on any atom is -0.465 e. The fourth-order valence-corrected chi connectivity index (χ4v) is 0.459. The van der Waals surface area contributed by atoms with Crippen molar-refractivity contribution in [3.05, 3.63) is 0 Å². The van der Waals surface area contributed by atoms with Gasteiger partial charge in [-0.05, 0) is 12.8 Å². The number of unbranched alkanes of at least 4 members (excludes halogenated alkanes) is 1. The summed E-state index contributed by atoms with van der Waals surface area (Å²) in [5.74, 6) is -0.391. The molecule has 0 heterocycles. The molecule has 0 aliphatic heterocycles. The minimum absolute atomic E-state index is 0.0703. The van der Waals surface area contributed by atoms with Crippen molar-refractivity contribution in [3.8, 4) is 0 Å². The predicted molar refractivity (Wildman–Crippen MR) is 36.3 cm³/mol. The van der Waals surface area contributed by atoms with Crippen LogP contribution in [0.5, 0.6) is 0 Å². The van der Waals surface area contributed by atoms with Crippen LogP contribution in [0.4, 0.5) is 0 Å². The van der Waals surface area contributed by atoms with Crippen molar-refractivity contribution in [2.24, 2.45) is 5.73 Å². The molecule has 0 fully saturated rings. The van der Waals surface area contributed by atoms with E-state index < -0.39 is 5.97 Å². The van der Waals surface area contributed by atoms with Gasteiger partial charge >= 0.3 is 5.97 Å². The number of carbonyl (C=O) groups is 1. The lowest BCUT2D eigenvalue weighted by Crippen LogP contribution is -2.17. The van der Waals surface area contributed by atoms with E-state index in [-0.39, 0.29) is 13.2 Å². The zero-order valence-electron chi connectivity index (χ0n) is 5.88. The molecule has 0 aliphatic rings. The van der Waals surface area contributed by atoms with Crippen molar-refractivity contribution < 1.29 is 14.6 Å². The van der Waals surface area contributed by atoms with E-state index in [1.165, 1.54) is 0 Å². The van der Waals surface area contributed by atoms with Gasteiger partial charge in [-0.25, -0.2) is 0 Å². The van der Waals surface area contributed by atoms with Gasteiger partial charge in [-0.3, -0.25) is 4.79 Å². The van der Waals surface area contributed by atoms with Crippen molar-refractivity contribution >= 4 is 5.97 Å². The van der Waals surface area contributed by atoms with Gasteiger partial charge in [0.1, 0.15) is 0 Å². The molecular formula is C6H13NO3. The van der Waals surface area contributed by atoms with Crippen molar-refractivity contribution in [3.63, 3.8) is 0 Å². The fourth-order valence-electron chi connectivity index (χ4n) is 0.459. The first kappa shape index (κ1) is 9.39. The highest BCUT2D eigenvalue weighted by Gasteiger charge is 1.95. The van der Waals surface area contributed by atoms with E-state index >= 15 is 0 Å². The van der Waals surface area contributed by atoms with Crippen LogP contribution in [0.2, 0.25) is 0 Å². The Morgan fingerprint density at radius 3 is 2.70 bits per heavy atom. The Kier molecular flexibility index (Phi) is 6.11. The fraction of sp³-hybridized carbons (Fsp3) is 0.833. The Hall–Kier alpha value is -0.610. The SMILES string of the molecule is NCC(=O)OCCCCO. The second-order valence-electron chi connectivity index (χ2n) is 1.86. The maximum Gasteiger partial charge on any atom is 0.319 e. The maximum absolute atomic E-state index is 10.4. The Labute approximate surface area is 60.0 Å². The second-order valence-corrected chi connectivity index (χ2v) is 1.86. The van der Waals surface area contributed by atoms with E-state index in [1.54, 1.807) is 0 Å². The molecule has 4 heteroatoms. The summed E-state index contributed by atoms with van der Waals surface area (Å²) in [5, 5.41) is 8.32. The van der Waals surface area contributed by atoms with Gasteiger partial charge < -0.3 is 15.6 Å². The molecule has 10 heavy (non-hydrogen) atoms. The highest BCUT2D eigenvalue weighted by Crippen LogP contribution is 1.87. The van der Waals surface area contributed by atoms with E-state index in [4.69, 9.17) is 10.8 Å². The molecule has 0 saturated carbocycles. The van der Waals surface area contributed by atoms with Gasteiger partial charge in [-0.1, -0.05) is 0 Å². The molecule has 0 atom stereocenters. The molecular weight excluding hydrogens is 134 g/mol. The lowest BCUT2D eigenvalue weighted by molar-refractivity contribution is -0.142. The summed E-state index contributed by atoms with van der Waals surface area (Å²) >= 11 is 0. The largest absolute Gasteiger partial charge is 0.465 e. The zero-order valence-corrected chi connectivity index (χ0v) is 5.88. The summed E-state index contributed by atoms with van der Waals surface area (Å²) < 4.78 is 4.62. The van der Waals surface area contributed by atoms with Crippen LogP contribution in [0.1, 0.15) is 12.8 Å². The van der Waals surface area contributed by atoms with Gasteiger partial charge in [-0.15, -0.1) is 0 Å². The highest BCUT2D eigenvalue weighted by molar-refractivity contribution is 5.71. The van der Waals surface area contributed by atoms with E-state index in [0.717, 1.165) is 0 Å². The summed E-state index contributed by atoms with van der Waals surface area (Å²) in [6, 6.07) is 0. The summed E-state index contributed by atoms with van der Waals surface area (Å²) in [6.07, 6.45) is 1.36. The smallest absolute Gasteiger partial charge is 0.319 e. The van der Waals surface area contributed by atoms with Gasteiger partial charge in [0.2, 0.25) is 0 Å². The third kappa shape index (κ3) is 5.53. The van der Waals surface area contributed by atoms with Crippen LogP contribution in [0.3, 0.4) is 0 Å². The van der Waals surface area contributed by atoms with Crippen LogP contribution in [0.25, 0.3) is 0 Å². The Balaban J connectivity index is 2.96. The lowest BCUT2D eigenvalue weighted by atomic mass is 10.3. The van der Waals surface area contributed by atoms with E-state index in [2.05, 4.69) is 4.74 Å². The predicted octanol–water partition coefficient (Wildman–Crippen LogP) is -0.739. The number of hydrogen-bond acceptors (Lipinski definition) is 4. The van der Waals surface area contributed by atoms with E-state index in [1.807, 2.05) is 0 Å². The topological polar surface area (TPSA) is 72.6 Å². The summed E-state index contributed by atoms with van der Waals surface area (Å²) in [5.41, 5.74) is 4.96. The molecule has 0 aromatic rings. The van der Waals surface area contributed by atoms with Crippen LogP contribution in [0, 0.1) is 0 Å². The molecule has 0 unspecified atom stereocenters. The van der Waals surface area contributed by atoms with Crippen molar-refractivity contribution in [1.29, 1.82) is 0 Å². The number of esters is 1. The third-order valence-corrected chi connectivity index (χ3v) is 0.982. The van der Waals surface area contributed by atoms with Crippen LogP contribution in [0.15, 0.2) is 0 Å². The lowest BCUT2D eigenvalue weighted by Gasteiger charge is -2.00. The van der Waals surface area contributed by atoms with Crippen LogP contribution < -0.4 is 5.73 Å². The molecule has 0 rings (SSSR count). The molecule has 0 bridgehead atoms. The first-order chi connectivity index (χ1) is 4.81. The normalized spacial score (nSPS) is 9.40. The van der Waals surface area contributed by atoms with Gasteiger partial charge in [-0.2, -0.15) is 0 Å². The number of nitrogens with two attached hydrogens (primary N) is 1. The second kappa shape index (κ2) is 6.51. The molecule has 0 saturated heterocycles. The summed E-state index contributed by atoms with van der Waals surface area (Å²) in [4.78, 5) is 10.4. The Morgan fingerprint density at radius 1 is 1.50 bits per heavy atom. The Bertz CT molecular complexity index is 95.0. The zero-order chi connectivity index (χ0) is 7.82. The number of aliphatic hydroxyl groups is 1.